The zero-order valence-corrected chi connectivity index (χ0v) is 15.8. The molecule has 1 fully saturated rings. The highest BCUT2D eigenvalue weighted by Crippen LogP contribution is 2.23. The van der Waals surface area contributed by atoms with Gasteiger partial charge in [0.2, 0.25) is 0 Å². The zero-order chi connectivity index (χ0) is 17.5. The first kappa shape index (κ1) is 18.5. The second-order valence-electron chi connectivity index (χ2n) is 5.99. The second-order valence-corrected chi connectivity index (χ2v) is 6.90. The summed E-state index contributed by atoms with van der Waals surface area (Å²) in [5.41, 5.74) is 7.83. The smallest absolute Gasteiger partial charge is 0.410 e. The third-order valence-electron chi connectivity index (χ3n) is 4.29. The summed E-state index contributed by atoms with van der Waals surface area (Å²) in [6, 6.07) is 7.90. The summed E-state index contributed by atoms with van der Waals surface area (Å²) in [6.07, 6.45) is 5.61. The molecule has 0 bridgehead atoms. The molecule has 1 amide bonds. The summed E-state index contributed by atoms with van der Waals surface area (Å²) in [7, 11) is 1.80. The molecular formula is C18H24BrN3O2. The van der Waals surface area contributed by atoms with Gasteiger partial charge in [-0.25, -0.2) is 9.79 Å². The Morgan fingerprint density at radius 2 is 2.00 bits per heavy atom. The monoisotopic (exact) mass is 393 g/mol. The average Bonchev–Trinajstić information content (AvgIpc) is 3.13. The topological polar surface area (TPSA) is 67.9 Å². The minimum absolute atomic E-state index is 0.103. The van der Waals surface area contributed by atoms with Crippen molar-refractivity contribution >= 4 is 33.4 Å². The van der Waals surface area contributed by atoms with Gasteiger partial charge in [0.1, 0.15) is 6.61 Å². The van der Waals surface area contributed by atoms with Crippen LogP contribution >= 0.6 is 15.9 Å². The third kappa shape index (κ3) is 5.09. The highest BCUT2D eigenvalue weighted by Gasteiger charge is 2.24. The molecule has 0 saturated heterocycles. The van der Waals surface area contributed by atoms with Crippen LogP contribution in [-0.2, 0) is 4.74 Å². The van der Waals surface area contributed by atoms with Crippen molar-refractivity contribution in [1.82, 2.24) is 4.90 Å². The van der Waals surface area contributed by atoms with Crippen LogP contribution in [0.4, 0.5) is 10.5 Å². The van der Waals surface area contributed by atoms with E-state index in [1.165, 1.54) is 19.0 Å². The van der Waals surface area contributed by atoms with Crippen molar-refractivity contribution < 1.29 is 9.53 Å². The summed E-state index contributed by atoms with van der Waals surface area (Å²) >= 11 is 3.40. The Morgan fingerprint density at radius 3 is 2.58 bits per heavy atom. The van der Waals surface area contributed by atoms with Gasteiger partial charge in [-0.1, -0.05) is 28.8 Å². The van der Waals surface area contributed by atoms with Crippen molar-refractivity contribution in [3.8, 4) is 0 Å². The van der Waals surface area contributed by atoms with E-state index in [2.05, 4.69) is 20.9 Å². The molecule has 6 heteroatoms. The minimum Gasteiger partial charge on any atom is -0.443 e. The number of ether oxygens (including phenoxy) is 1. The number of nitrogens with two attached hydrogens (primary N) is 1. The lowest BCUT2D eigenvalue weighted by molar-refractivity contribution is 0.110. The number of benzene rings is 1. The Hall–Kier alpha value is -1.82. The van der Waals surface area contributed by atoms with E-state index in [1.807, 2.05) is 31.2 Å². The standard InChI is InChI=1S/C18H24BrN3O2/c1-13(11-20)17(21-15-9-7-14(19)8-10-15)12-24-18(23)22(2)16-5-3-4-6-16/h7-11,16H,3-6,12,20H2,1-2H3. The fourth-order valence-corrected chi connectivity index (χ4v) is 2.94. The van der Waals surface area contributed by atoms with Crippen molar-refractivity contribution in [2.75, 3.05) is 13.7 Å². The number of hydrogen-bond acceptors (Lipinski definition) is 4. The molecule has 2 rings (SSSR count). The second kappa shape index (κ2) is 8.87. The van der Waals surface area contributed by atoms with Crippen molar-refractivity contribution in [2.24, 2.45) is 10.7 Å². The number of aliphatic imine (C=N–C) groups is 1. The molecular weight excluding hydrogens is 370 g/mol. The van der Waals surface area contributed by atoms with E-state index in [4.69, 9.17) is 10.5 Å². The van der Waals surface area contributed by atoms with Crippen LogP contribution in [0.25, 0.3) is 0 Å². The molecule has 130 valence electrons. The largest absolute Gasteiger partial charge is 0.443 e. The quantitative estimate of drug-likeness (QED) is 0.753. The molecule has 0 radical (unpaired) electrons. The fourth-order valence-electron chi connectivity index (χ4n) is 2.67. The summed E-state index contributed by atoms with van der Waals surface area (Å²) in [6.45, 7) is 1.96. The lowest BCUT2D eigenvalue weighted by Gasteiger charge is -2.23. The first-order valence-corrected chi connectivity index (χ1v) is 8.92. The number of carbonyl (C=O) groups excluding carboxylic acids is 1. The molecule has 0 spiro atoms. The van der Waals surface area contributed by atoms with E-state index in [0.29, 0.717) is 5.71 Å². The van der Waals surface area contributed by atoms with Crippen LogP contribution < -0.4 is 5.73 Å². The minimum atomic E-state index is -0.310. The van der Waals surface area contributed by atoms with Gasteiger partial charge in [0.05, 0.1) is 11.4 Å². The molecule has 5 nitrogen and oxygen atoms in total. The van der Waals surface area contributed by atoms with Gasteiger partial charge in [-0.05, 0) is 55.8 Å². The molecule has 24 heavy (non-hydrogen) atoms. The Balaban J connectivity index is 2.03. The van der Waals surface area contributed by atoms with E-state index in [1.54, 1.807) is 11.9 Å². The summed E-state index contributed by atoms with van der Waals surface area (Å²) in [4.78, 5) is 18.5. The Kier molecular flexibility index (Phi) is 6.85. The first-order valence-electron chi connectivity index (χ1n) is 8.13. The maximum absolute atomic E-state index is 12.2. The first-order chi connectivity index (χ1) is 11.5. The number of carbonyl (C=O) groups is 1. The maximum Gasteiger partial charge on any atom is 0.410 e. The fraction of sp³-hybridized carbons (Fsp3) is 0.444. The molecule has 0 unspecified atom stereocenters. The molecule has 0 heterocycles. The zero-order valence-electron chi connectivity index (χ0n) is 14.2. The number of amides is 1. The molecule has 0 atom stereocenters. The Labute approximate surface area is 151 Å². The Bertz CT molecular complexity index is 620. The predicted octanol–water partition coefficient (Wildman–Crippen LogP) is 4.40. The molecule has 0 aromatic heterocycles. The highest BCUT2D eigenvalue weighted by atomic mass is 79.9. The lowest BCUT2D eigenvalue weighted by Crippen LogP contribution is -2.36. The molecule has 2 N–H and O–H groups in total. The maximum atomic E-state index is 12.2. The van der Waals surface area contributed by atoms with Crippen LogP contribution in [0.15, 0.2) is 45.5 Å². The molecule has 1 aromatic carbocycles. The van der Waals surface area contributed by atoms with E-state index in [-0.39, 0.29) is 18.7 Å². The van der Waals surface area contributed by atoms with Crippen molar-refractivity contribution in [3.05, 3.63) is 40.5 Å². The SMILES string of the molecule is CC(=CN)C(COC(=O)N(C)C1CCCC1)=Nc1ccc(Br)cc1. The van der Waals surface area contributed by atoms with E-state index >= 15 is 0 Å². The van der Waals surface area contributed by atoms with Crippen LogP contribution in [0.2, 0.25) is 0 Å². The molecule has 1 aromatic rings. The summed E-state index contributed by atoms with van der Waals surface area (Å²) < 4.78 is 6.43. The van der Waals surface area contributed by atoms with Gasteiger partial charge in [0, 0.05) is 17.6 Å². The summed E-state index contributed by atoms with van der Waals surface area (Å²) in [5, 5.41) is 0. The lowest BCUT2D eigenvalue weighted by atomic mass is 10.2. The Morgan fingerprint density at radius 1 is 1.38 bits per heavy atom. The van der Waals surface area contributed by atoms with Crippen LogP contribution in [0, 0.1) is 0 Å². The van der Waals surface area contributed by atoms with Crippen LogP contribution in [0.5, 0.6) is 0 Å². The van der Waals surface area contributed by atoms with Gasteiger partial charge < -0.3 is 15.4 Å². The van der Waals surface area contributed by atoms with Gasteiger partial charge in [-0.15, -0.1) is 0 Å². The van der Waals surface area contributed by atoms with Crippen molar-refractivity contribution in [2.45, 2.75) is 38.6 Å². The molecule has 1 aliphatic carbocycles. The number of rotatable bonds is 5. The van der Waals surface area contributed by atoms with Gasteiger partial charge in [0.25, 0.3) is 0 Å². The average molecular weight is 394 g/mol. The van der Waals surface area contributed by atoms with Crippen molar-refractivity contribution in [1.29, 1.82) is 0 Å². The van der Waals surface area contributed by atoms with Gasteiger partial charge in [-0.3, -0.25) is 0 Å². The number of hydrogen-bond donors (Lipinski definition) is 1. The molecule has 1 aliphatic rings. The van der Waals surface area contributed by atoms with Gasteiger partial charge in [-0.2, -0.15) is 0 Å². The van der Waals surface area contributed by atoms with Gasteiger partial charge in [0.15, 0.2) is 0 Å². The van der Waals surface area contributed by atoms with Crippen LogP contribution in [0.1, 0.15) is 32.6 Å². The van der Waals surface area contributed by atoms with Crippen molar-refractivity contribution in [3.63, 3.8) is 0 Å². The van der Waals surface area contributed by atoms with Crippen LogP contribution in [-0.4, -0.2) is 36.4 Å². The van der Waals surface area contributed by atoms with E-state index in [0.717, 1.165) is 28.6 Å². The molecule has 0 aliphatic heterocycles. The summed E-state index contributed by atoms with van der Waals surface area (Å²) in [5.74, 6) is 0. The van der Waals surface area contributed by atoms with E-state index < -0.39 is 0 Å². The third-order valence-corrected chi connectivity index (χ3v) is 4.82. The highest BCUT2D eigenvalue weighted by molar-refractivity contribution is 9.10. The number of halogens is 1. The number of nitrogens with zero attached hydrogens (tertiary/aromatic N) is 2. The van der Waals surface area contributed by atoms with Crippen LogP contribution in [0.3, 0.4) is 0 Å². The normalized spacial score (nSPS) is 16.3. The predicted molar refractivity (Wildman–Crippen MR) is 101 cm³/mol. The molecule has 1 saturated carbocycles. The van der Waals surface area contributed by atoms with Gasteiger partial charge >= 0.3 is 6.09 Å². The van der Waals surface area contributed by atoms with E-state index in [9.17, 15) is 4.79 Å².